The topological polar surface area (TPSA) is 87.7 Å². The van der Waals surface area contributed by atoms with E-state index in [1.165, 1.54) is 12.1 Å². The fourth-order valence-electron chi connectivity index (χ4n) is 3.36. The number of hydrogen-bond donors (Lipinski definition) is 2. The summed E-state index contributed by atoms with van der Waals surface area (Å²) in [6, 6.07) is 12.2. The number of rotatable bonds is 8. The first kappa shape index (κ1) is 21.3. The van der Waals surface area contributed by atoms with Crippen LogP contribution in [0.15, 0.2) is 48.5 Å². The van der Waals surface area contributed by atoms with Crippen molar-refractivity contribution in [2.75, 3.05) is 11.9 Å². The number of nitrogens with one attached hydrogen (secondary N) is 2. The zero-order valence-corrected chi connectivity index (χ0v) is 16.9. The fourth-order valence-corrected chi connectivity index (χ4v) is 3.36. The lowest BCUT2D eigenvalue weighted by Gasteiger charge is -2.23. The van der Waals surface area contributed by atoms with Gasteiger partial charge in [0.2, 0.25) is 5.91 Å². The zero-order chi connectivity index (χ0) is 21.7. The Morgan fingerprint density at radius 3 is 2.53 bits per heavy atom. The largest absolute Gasteiger partial charge is 0.489 e. The second-order valence-corrected chi connectivity index (χ2v) is 7.11. The molecule has 0 aliphatic carbocycles. The average molecular weight is 413 g/mol. The first-order chi connectivity index (χ1) is 14.4. The van der Waals surface area contributed by atoms with Gasteiger partial charge < -0.3 is 15.4 Å². The Morgan fingerprint density at radius 2 is 1.87 bits per heavy atom. The van der Waals surface area contributed by atoms with Crippen LogP contribution in [0.3, 0.4) is 0 Å². The molecule has 0 saturated carbocycles. The van der Waals surface area contributed by atoms with E-state index in [1.54, 1.807) is 30.3 Å². The van der Waals surface area contributed by atoms with Gasteiger partial charge >= 0.3 is 6.03 Å². The molecule has 4 amide bonds. The molecule has 1 heterocycles. The highest BCUT2D eigenvalue weighted by Gasteiger charge is 2.49. The molecule has 2 aromatic rings. The number of hydrogen-bond acceptors (Lipinski definition) is 4. The highest BCUT2D eigenvalue weighted by molar-refractivity contribution is 6.10. The van der Waals surface area contributed by atoms with E-state index in [4.69, 9.17) is 4.74 Å². The number of ether oxygens (including phenoxy) is 1. The molecule has 1 fully saturated rings. The normalized spacial score (nSPS) is 15.1. The van der Waals surface area contributed by atoms with Crippen LogP contribution >= 0.6 is 0 Å². The summed E-state index contributed by atoms with van der Waals surface area (Å²) in [5.74, 6) is -0.850. The van der Waals surface area contributed by atoms with Crippen LogP contribution in [0.1, 0.15) is 32.3 Å². The van der Waals surface area contributed by atoms with Gasteiger partial charge in [0.15, 0.2) is 0 Å². The third-order valence-corrected chi connectivity index (χ3v) is 5.17. The van der Waals surface area contributed by atoms with Gasteiger partial charge in [-0.15, -0.1) is 0 Å². The van der Waals surface area contributed by atoms with Crippen LogP contribution in [0.25, 0.3) is 0 Å². The van der Waals surface area contributed by atoms with E-state index in [0.29, 0.717) is 24.3 Å². The van der Waals surface area contributed by atoms with E-state index in [2.05, 4.69) is 10.6 Å². The van der Waals surface area contributed by atoms with Crippen LogP contribution in [0, 0.1) is 5.82 Å². The predicted molar refractivity (Wildman–Crippen MR) is 109 cm³/mol. The summed E-state index contributed by atoms with van der Waals surface area (Å²) in [6.07, 6.45) is 0.916. The summed E-state index contributed by atoms with van der Waals surface area (Å²) in [4.78, 5) is 38.1. The molecule has 0 bridgehead atoms. The van der Waals surface area contributed by atoms with Crippen molar-refractivity contribution >= 4 is 23.5 Å². The maximum Gasteiger partial charge on any atom is 0.325 e. The number of carbonyl (C=O) groups excluding carboxylic acids is 3. The van der Waals surface area contributed by atoms with Crippen LogP contribution in [0.5, 0.6) is 5.75 Å². The van der Waals surface area contributed by atoms with E-state index in [1.807, 2.05) is 19.9 Å². The Kier molecular flexibility index (Phi) is 6.34. The van der Waals surface area contributed by atoms with Crippen molar-refractivity contribution < 1.29 is 23.5 Å². The van der Waals surface area contributed by atoms with Crippen molar-refractivity contribution in [1.29, 1.82) is 0 Å². The van der Waals surface area contributed by atoms with Crippen molar-refractivity contribution in [3.05, 3.63) is 59.9 Å². The van der Waals surface area contributed by atoms with Crippen molar-refractivity contribution in [2.45, 2.75) is 38.8 Å². The third-order valence-electron chi connectivity index (χ3n) is 5.17. The summed E-state index contributed by atoms with van der Waals surface area (Å²) in [7, 11) is 0. The molecule has 0 radical (unpaired) electrons. The quantitative estimate of drug-likeness (QED) is 0.649. The SMILES string of the molecule is CCC1(CC)NC(=O)N(CC(=O)Nc2cccc(COc3cccc(F)c3)c2)C1=O. The first-order valence-corrected chi connectivity index (χ1v) is 9.78. The highest BCUT2D eigenvalue weighted by atomic mass is 19.1. The van der Waals surface area contributed by atoms with Gasteiger partial charge in [0.05, 0.1) is 0 Å². The average Bonchev–Trinajstić information content (AvgIpc) is 2.97. The maximum atomic E-state index is 13.2. The number of carbonyl (C=O) groups is 3. The molecule has 8 heteroatoms. The summed E-state index contributed by atoms with van der Waals surface area (Å²) < 4.78 is 18.8. The molecule has 1 aliphatic heterocycles. The van der Waals surface area contributed by atoms with Crippen LogP contribution in [0.2, 0.25) is 0 Å². The number of benzene rings is 2. The van der Waals surface area contributed by atoms with Crippen molar-refractivity contribution in [3.63, 3.8) is 0 Å². The van der Waals surface area contributed by atoms with Crippen LogP contribution in [-0.4, -0.2) is 34.8 Å². The second-order valence-electron chi connectivity index (χ2n) is 7.11. The van der Waals surface area contributed by atoms with Gasteiger partial charge in [0.1, 0.15) is 30.3 Å². The number of urea groups is 1. The van der Waals surface area contributed by atoms with Gasteiger partial charge in [-0.25, -0.2) is 9.18 Å². The molecule has 7 nitrogen and oxygen atoms in total. The van der Waals surface area contributed by atoms with Gasteiger partial charge in [-0.05, 0) is 42.7 Å². The molecular weight excluding hydrogens is 389 g/mol. The summed E-state index contributed by atoms with van der Waals surface area (Å²) in [6.45, 7) is 3.47. The van der Waals surface area contributed by atoms with Gasteiger partial charge in [0, 0.05) is 11.8 Å². The Hall–Kier alpha value is -3.42. The van der Waals surface area contributed by atoms with E-state index >= 15 is 0 Å². The Bertz CT molecular complexity index is 959. The van der Waals surface area contributed by atoms with E-state index in [9.17, 15) is 18.8 Å². The highest BCUT2D eigenvalue weighted by Crippen LogP contribution is 2.25. The second kappa shape index (κ2) is 8.94. The summed E-state index contributed by atoms with van der Waals surface area (Å²) in [5, 5.41) is 5.39. The lowest BCUT2D eigenvalue weighted by Crippen LogP contribution is -2.46. The molecule has 1 aliphatic rings. The van der Waals surface area contributed by atoms with E-state index in [0.717, 1.165) is 10.5 Å². The van der Waals surface area contributed by atoms with Crippen LogP contribution in [-0.2, 0) is 16.2 Å². The van der Waals surface area contributed by atoms with Crippen molar-refractivity contribution in [2.24, 2.45) is 0 Å². The monoisotopic (exact) mass is 413 g/mol. The molecule has 0 atom stereocenters. The summed E-state index contributed by atoms with van der Waals surface area (Å²) >= 11 is 0. The minimum Gasteiger partial charge on any atom is -0.489 e. The minimum atomic E-state index is -0.939. The Labute approximate surface area is 174 Å². The minimum absolute atomic E-state index is 0.190. The standard InChI is InChI=1S/C22H24FN3O4/c1-3-22(4-2)20(28)26(21(29)25-22)13-19(27)24-17-9-5-7-15(11-17)14-30-18-10-6-8-16(23)12-18/h5-12H,3-4,13-14H2,1-2H3,(H,24,27)(H,25,29). The maximum absolute atomic E-state index is 13.2. The zero-order valence-electron chi connectivity index (χ0n) is 16.9. The molecule has 2 aromatic carbocycles. The van der Waals surface area contributed by atoms with Gasteiger partial charge in [-0.3, -0.25) is 14.5 Å². The smallest absolute Gasteiger partial charge is 0.325 e. The molecule has 158 valence electrons. The Morgan fingerprint density at radius 1 is 1.13 bits per heavy atom. The molecule has 30 heavy (non-hydrogen) atoms. The van der Waals surface area contributed by atoms with E-state index in [-0.39, 0.29) is 24.9 Å². The number of halogens is 1. The molecule has 0 spiro atoms. The number of anilines is 1. The number of imide groups is 1. The molecule has 3 rings (SSSR count). The lowest BCUT2D eigenvalue weighted by molar-refractivity contribution is -0.134. The Balaban J connectivity index is 1.60. The molecular formula is C22H24FN3O4. The van der Waals surface area contributed by atoms with Crippen LogP contribution in [0.4, 0.5) is 14.9 Å². The fraction of sp³-hybridized carbons (Fsp3) is 0.318. The van der Waals surface area contributed by atoms with Gasteiger partial charge in [0.25, 0.3) is 5.91 Å². The molecule has 2 N–H and O–H groups in total. The molecule has 1 saturated heterocycles. The van der Waals surface area contributed by atoms with E-state index < -0.39 is 17.5 Å². The third kappa shape index (κ3) is 4.59. The number of amides is 4. The van der Waals surface area contributed by atoms with Gasteiger partial charge in [-0.2, -0.15) is 0 Å². The van der Waals surface area contributed by atoms with Gasteiger partial charge in [-0.1, -0.05) is 32.0 Å². The first-order valence-electron chi connectivity index (χ1n) is 9.78. The summed E-state index contributed by atoms with van der Waals surface area (Å²) in [5.41, 5.74) is 0.332. The van der Waals surface area contributed by atoms with Crippen LogP contribution < -0.4 is 15.4 Å². The number of nitrogens with zero attached hydrogens (tertiary/aromatic N) is 1. The predicted octanol–water partition coefficient (Wildman–Crippen LogP) is 3.45. The van der Waals surface area contributed by atoms with Crippen molar-refractivity contribution in [1.82, 2.24) is 10.2 Å². The molecule has 0 unspecified atom stereocenters. The molecule has 0 aromatic heterocycles. The van der Waals surface area contributed by atoms with Crippen molar-refractivity contribution in [3.8, 4) is 5.75 Å². The lowest BCUT2D eigenvalue weighted by atomic mass is 9.93.